The van der Waals surface area contributed by atoms with Crippen LogP contribution in [0.1, 0.15) is 44.6 Å². The van der Waals surface area contributed by atoms with Gasteiger partial charge in [-0.05, 0) is 49.8 Å². The molecule has 3 rings (SSSR count). The highest BCUT2D eigenvalue weighted by Gasteiger charge is 2.37. The Morgan fingerprint density at radius 2 is 2.29 bits per heavy atom. The molecule has 1 saturated heterocycles. The van der Waals surface area contributed by atoms with E-state index in [9.17, 15) is 4.79 Å². The minimum atomic E-state index is 0.0148. The van der Waals surface area contributed by atoms with Crippen molar-refractivity contribution in [2.24, 2.45) is 5.92 Å². The predicted octanol–water partition coefficient (Wildman–Crippen LogP) is 2.35. The molecule has 2 heterocycles. The molecule has 4 heteroatoms. The first-order valence-corrected chi connectivity index (χ1v) is 8.20. The van der Waals surface area contributed by atoms with Gasteiger partial charge in [-0.3, -0.25) is 9.78 Å². The Morgan fingerprint density at radius 1 is 1.43 bits per heavy atom. The number of carbonyl (C=O) groups is 1. The number of amides is 1. The van der Waals surface area contributed by atoms with Crippen LogP contribution in [0.4, 0.5) is 0 Å². The number of rotatable bonds is 5. The number of hydrogen-bond acceptors (Lipinski definition) is 3. The molecule has 1 N–H and O–H groups in total. The van der Waals surface area contributed by atoms with Crippen LogP contribution in [0.3, 0.4) is 0 Å². The number of hydrogen-bond donors (Lipinski definition) is 1. The summed E-state index contributed by atoms with van der Waals surface area (Å²) < 4.78 is 0. The average molecular weight is 287 g/mol. The van der Waals surface area contributed by atoms with Gasteiger partial charge in [0.2, 0.25) is 5.91 Å². The van der Waals surface area contributed by atoms with E-state index in [0.29, 0.717) is 24.4 Å². The van der Waals surface area contributed by atoms with Crippen molar-refractivity contribution >= 4 is 5.91 Å². The van der Waals surface area contributed by atoms with E-state index in [1.165, 1.54) is 12.8 Å². The summed E-state index contributed by atoms with van der Waals surface area (Å²) in [6.07, 6.45) is 9.31. The van der Waals surface area contributed by atoms with Gasteiger partial charge in [0.05, 0.1) is 6.04 Å². The highest BCUT2D eigenvalue weighted by molar-refractivity contribution is 5.82. The fraction of sp³-hybridized carbons (Fsp3) is 0.647. The smallest absolute Gasteiger partial charge is 0.240 e. The Bertz CT molecular complexity index is 472. The van der Waals surface area contributed by atoms with E-state index in [1.807, 2.05) is 12.3 Å². The second kappa shape index (κ2) is 6.56. The van der Waals surface area contributed by atoms with Gasteiger partial charge in [0.1, 0.15) is 0 Å². The Balaban J connectivity index is 1.67. The van der Waals surface area contributed by atoms with Crippen LogP contribution in [0.5, 0.6) is 0 Å². The standard InChI is InChI=1S/C17H25N3O/c1-2-13-7-9-19-16(10-13)17(21)20(15-5-6-15)12-14-4-3-8-18-11-14/h3-4,8,11,13,15-16,19H,2,5-7,9-10,12H2,1H3. The number of piperidine rings is 1. The third-order valence-electron chi connectivity index (χ3n) is 4.73. The van der Waals surface area contributed by atoms with E-state index in [1.54, 1.807) is 6.20 Å². The van der Waals surface area contributed by atoms with Gasteiger partial charge in [-0.1, -0.05) is 19.4 Å². The average Bonchev–Trinajstić information content (AvgIpc) is 3.38. The fourth-order valence-corrected chi connectivity index (χ4v) is 3.22. The molecule has 1 amide bonds. The van der Waals surface area contributed by atoms with Gasteiger partial charge < -0.3 is 10.2 Å². The molecule has 21 heavy (non-hydrogen) atoms. The largest absolute Gasteiger partial charge is 0.334 e. The molecule has 2 unspecified atom stereocenters. The molecule has 0 bridgehead atoms. The summed E-state index contributed by atoms with van der Waals surface area (Å²) in [6, 6.07) is 4.46. The monoisotopic (exact) mass is 287 g/mol. The summed E-state index contributed by atoms with van der Waals surface area (Å²) in [5, 5.41) is 3.43. The summed E-state index contributed by atoms with van der Waals surface area (Å²) in [6.45, 7) is 3.90. The lowest BCUT2D eigenvalue weighted by atomic mass is 9.90. The van der Waals surface area contributed by atoms with Crippen molar-refractivity contribution in [1.29, 1.82) is 0 Å². The first kappa shape index (κ1) is 14.5. The van der Waals surface area contributed by atoms with Gasteiger partial charge in [-0.2, -0.15) is 0 Å². The molecule has 0 spiro atoms. The van der Waals surface area contributed by atoms with Gasteiger partial charge in [-0.25, -0.2) is 0 Å². The molecule has 1 aromatic heterocycles. The maximum Gasteiger partial charge on any atom is 0.240 e. The molecular weight excluding hydrogens is 262 g/mol. The molecule has 0 radical (unpaired) electrons. The summed E-state index contributed by atoms with van der Waals surface area (Å²) in [5.74, 6) is 0.985. The third kappa shape index (κ3) is 3.62. The third-order valence-corrected chi connectivity index (χ3v) is 4.73. The van der Waals surface area contributed by atoms with E-state index in [4.69, 9.17) is 0 Å². The van der Waals surface area contributed by atoms with Crippen molar-refractivity contribution in [3.8, 4) is 0 Å². The maximum absolute atomic E-state index is 12.9. The Morgan fingerprint density at radius 3 is 2.95 bits per heavy atom. The summed E-state index contributed by atoms with van der Waals surface area (Å²) in [5.41, 5.74) is 1.13. The molecule has 114 valence electrons. The Labute approximate surface area is 126 Å². The zero-order valence-electron chi connectivity index (χ0n) is 12.8. The van der Waals surface area contributed by atoms with Crippen LogP contribution in [0.15, 0.2) is 24.5 Å². The van der Waals surface area contributed by atoms with Crippen LogP contribution in [-0.2, 0) is 11.3 Å². The van der Waals surface area contributed by atoms with E-state index in [-0.39, 0.29) is 6.04 Å². The van der Waals surface area contributed by atoms with Crippen LogP contribution in [0.25, 0.3) is 0 Å². The van der Waals surface area contributed by atoms with E-state index in [2.05, 4.69) is 28.2 Å². The van der Waals surface area contributed by atoms with Crippen molar-refractivity contribution < 1.29 is 4.79 Å². The minimum Gasteiger partial charge on any atom is -0.334 e. The molecule has 2 atom stereocenters. The molecule has 1 aromatic rings. The zero-order valence-corrected chi connectivity index (χ0v) is 12.8. The molecule has 1 aliphatic heterocycles. The molecule has 4 nitrogen and oxygen atoms in total. The maximum atomic E-state index is 12.9. The molecule has 1 aliphatic carbocycles. The van der Waals surface area contributed by atoms with Gasteiger partial charge in [0.25, 0.3) is 0 Å². The summed E-state index contributed by atoms with van der Waals surface area (Å²) >= 11 is 0. The Hall–Kier alpha value is -1.42. The quantitative estimate of drug-likeness (QED) is 0.904. The van der Waals surface area contributed by atoms with Gasteiger partial charge in [0.15, 0.2) is 0 Å². The minimum absolute atomic E-state index is 0.0148. The second-order valence-corrected chi connectivity index (χ2v) is 6.36. The summed E-state index contributed by atoms with van der Waals surface area (Å²) in [4.78, 5) is 19.1. The van der Waals surface area contributed by atoms with E-state index in [0.717, 1.165) is 31.4 Å². The van der Waals surface area contributed by atoms with Gasteiger partial charge in [-0.15, -0.1) is 0 Å². The lowest BCUT2D eigenvalue weighted by molar-refractivity contribution is -0.135. The Kier molecular flexibility index (Phi) is 4.54. The summed E-state index contributed by atoms with van der Waals surface area (Å²) in [7, 11) is 0. The molecular formula is C17H25N3O. The van der Waals surface area contributed by atoms with Gasteiger partial charge >= 0.3 is 0 Å². The number of nitrogens with one attached hydrogen (secondary N) is 1. The normalized spacial score (nSPS) is 25.6. The highest BCUT2D eigenvalue weighted by Crippen LogP contribution is 2.30. The van der Waals surface area contributed by atoms with Crippen LogP contribution in [0.2, 0.25) is 0 Å². The van der Waals surface area contributed by atoms with Crippen LogP contribution in [0, 0.1) is 5.92 Å². The van der Waals surface area contributed by atoms with Crippen molar-refractivity contribution in [3.63, 3.8) is 0 Å². The van der Waals surface area contributed by atoms with Crippen LogP contribution >= 0.6 is 0 Å². The zero-order chi connectivity index (χ0) is 14.7. The fourth-order valence-electron chi connectivity index (χ4n) is 3.22. The van der Waals surface area contributed by atoms with Crippen molar-refractivity contribution in [3.05, 3.63) is 30.1 Å². The number of aromatic nitrogens is 1. The van der Waals surface area contributed by atoms with Crippen molar-refractivity contribution in [2.75, 3.05) is 6.54 Å². The molecule has 2 aliphatic rings. The lowest BCUT2D eigenvalue weighted by Gasteiger charge is -2.33. The SMILES string of the molecule is CCC1CCNC(C(=O)N(Cc2cccnc2)C2CC2)C1. The second-order valence-electron chi connectivity index (χ2n) is 6.36. The number of carbonyl (C=O) groups excluding carboxylic acids is 1. The first-order valence-electron chi connectivity index (χ1n) is 8.20. The van der Waals surface area contributed by atoms with Crippen molar-refractivity contribution in [2.45, 2.75) is 57.7 Å². The topological polar surface area (TPSA) is 45.2 Å². The van der Waals surface area contributed by atoms with E-state index >= 15 is 0 Å². The lowest BCUT2D eigenvalue weighted by Crippen LogP contribution is -2.50. The number of pyridine rings is 1. The predicted molar refractivity (Wildman–Crippen MR) is 82.6 cm³/mol. The van der Waals surface area contributed by atoms with Gasteiger partial charge in [0, 0.05) is 25.0 Å². The van der Waals surface area contributed by atoms with E-state index < -0.39 is 0 Å². The van der Waals surface area contributed by atoms with Crippen LogP contribution < -0.4 is 5.32 Å². The molecule has 0 aromatic carbocycles. The highest BCUT2D eigenvalue weighted by atomic mass is 16.2. The molecule has 2 fully saturated rings. The first-order chi connectivity index (χ1) is 10.3. The number of nitrogens with zero attached hydrogens (tertiary/aromatic N) is 2. The molecule has 1 saturated carbocycles. The van der Waals surface area contributed by atoms with Crippen LogP contribution in [-0.4, -0.2) is 34.4 Å². The van der Waals surface area contributed by atoms with Crippen molar-refractivity contribution in [1.82, 2.24) is 15.2 Å².